The molecule has 1 aliphatic heterocycles. The van der Waals surface area contributed by atoms with Crippen molar-refractivity contribution in [3.63, 3.8) is 0 Å². The molecule has 2 aromatic rings. The zero-order chi connectivity index (χ0) is 15.5. The van der Waals surface area contributed by atoms with Gasteiger partial charge in [0.25, 0.3) is 0 Å². The van der Waals surface area contributed by atoms with Gasteiger partial charge in [-0.25, -0.2) is 4.98 Å². The van der Waals surface area contributed by atoms with Crippen LogP contribution >= 0.6 is 11.6 Å². The number of aromatic nitrogens is 1. The number of hydrogen-bond acceptors (Lipinski definition) is 4. The lowest BCUT2D eigenvalue weighted by Crippen LogP contribution is -2.29. The van der Waals surface area contributed by atoms with Gasteiger partial charge >= 0.3 is 0 Å². The van der Waals surface area contributed by atoms with Gasteiger partial charge in [0.1, 0.15) is 12.5 Å². The van der Waals surface area contributed by atoms with Crippen LogP contribution in [0.15, 0.2) is 36.5 Å². The van der Waals surface area contributed by atoms with E-state index in [0.29, 0.717) is 29.6 Å². The average Bonchev–Trinajstić information content (AvgIpc) is 2.97. The molecule has 3 rings (SSSR count). The number of hydrogen-bond donors (Lipinski definition) is 1. The number of pyridine rings is 1. The van der Waals surface area contributed by atoms with Crippen LogP contribution in [-0.2, 0) is 11.3 Å². The molecule has 0 bridgehead atoms. The van der Waals surface area contributed by atoms with E-state index >= 15 is 0 Å². The Labute approximate surface area is 132 Å². The van der Waals surface area contributed by atoms with Crippen molar-refractivity contribution < 1.29 is 9.53 Å². The largest absolute Gasteiger partial charge is 0.476 e. The summed E-state index contributed by atoms with van der Waals surface area (Å²) in [6.45, 7) is 0.592. The molecular formula is C16H12ClN3O2. The fraction of sp³-hybridized carbons (Fsp3) is 0.188. The second kappa shape index (κ2) is 6.04. The molecule has 0 saturated heterocycles. The van der Waals surface area contributed by atoms with Crippen molar-refractivity contribution in [1.82, 2.24) is 10.3 Å². The second-order valence-corrected chi connectivity index (χ2v) is 5.30. The summed E-state index contributed by atoms with van der Waals surface area (Å²) in [5.41, 5.74) is 2.05. The minimum Gasteiger partial charge on any atom is -0.476 e. The topological polar surface area (TPSA) is 75.0 Å². The van der Waals surface area contributed by atoms with E-state index in [1.165, 1.54) is 0 Å². The molecule has 1 N–H and O–H groups in total. The van der Waals surface area contributed by atoms with Gasteiger partial charge in [0, 0.05) is 23.3 Å². The third-order valence-corrected chi connectivity index (χ3v) is 3.87. The van der Waals surface area contributed by atoms with E-state index in [1.54, 1.807) is 30.5 Å². The van der Waals surface area contributed by atoms with Gasteiger partial charge in [0.15, 0.2) is 0 Å². The van der Waals surface area contributed by atoms with E-state index in [4.69, 9.17) is 21.6 Å². The van der Waals surface area contributed by atoms with Crippen LogP contribution in [0.3, 0.4) is 0 Å². The lowest BCUT2D eigenvalue weighted by atomic mass is 10.0. The van der Waals surface area contributed by atoms with E-state index in [2.05, 4.69) is 10.3 Å². The van der Waals surface area contributed by atoms with Crippen molar-refractivity contribution in [2.24, 2.45) is 0 Å². The molecule has 2 heterocycles. The van der Waals surface area contributed by atoms with Crippen LogP contribution in [0.25, 0.3) is 0 Å². The lowest BCUT2D eigenvalue weighted by molar-refractivity contribution is -0.122. The van der Waals surface area contributed by atoms with Crippen LogP contribution < -0.4 is 10.1 Å². The Bertz CT molecular complexity index is 770. The Morgan fingerprint density at radius 1 is 1.50 bits per heavy atom. The number of nitrogens with one attached hydrogen (secondary N) is 1. The molecule has 5 nitrogen and oxygen atoms in total. The molecule has 6 heteroatoms. The number of ether oxygens (including phenoxy) is 1. The summed E-state index contributed by atoms with van der Waals surface area (Å²) in [6.07, 6.45) is 1.63. The summed E-state index contributed by atoms with van der Waals surface area (Å²) >= 11 is 6.10. The Hall–Kier alpha value is -2.58. The van der Waals surface area contributed by atoms with Gasteiger partial charge in [-0.3, -0.25) is 4.79 Å². The maximum absolute atomic E-state index is 12.3. The highest BCUT2D eigenvalue weighted by Gasteiger charge is 2.30. The molecule has 0 aliphatic carbocycles. The summed E-state index contributed by atoms with van der Waals surface area (Å²) in [5, 5.41) is 12.1. The third kappa shape index (κ3) is 2.74. The Morgan fingerprint density at radius 2 is 2.36 bits per heavy atom. The molecule has 1 aromatic heterocycles. The van der Waals surface area contributed by atoms with Crippen LogP contribution in [-0.4, -0.2) is 17.5 Å². The van der Waals surface area contributed by atoms with Gasteiger partial charge in [-0.2, -0.15) is 5.26 Å². The summed E-state index contributed by atoms with van der Waals surface area (Å²) in [7, 11) is 0. The van der Waals surface area contributed by atoms with Gasteiger partial charge in [-0.05, 0) is 23.8 Å². The normalized spacial score (nSPS) is 15.5. The van der Waals surface area contributed by atoms with Crippen molar-refractivity contribution in [3.8, 4) is 11.9 Å². The molecule has 0 radical (unpaired) electrons. The standard InChI is InChI=1S/C16H12ClN3O2/c17-14-6-10(7-18)3-4-11(14)8-20-15(21)13-9-22-16-12(13)2-1-5-19-16/h1-6,13H,8-9H2,(H,20,21). The van der Waals surface area contributed by atoms with Crippen molar-refractivity contribution in [2.45, 2.75) is 12.5 Å². The zero-order valence-corrected chi connectivity index (χ0v) is 12.3. The minimum atomic E-state index is -0.360. The number of carbonyl (C=O) groups excluding carboxylic acids is 1. The number of benzene rings is 1. The van der Waals surface area contributed by atoms with E-state index in [0.717, 1.165) is 11.1 Å². The molecule has 110 valence electrons. The molecule has 0 fully saturated rings. The average molecular weight is 314 g/mol. The molecule has 1 aromatic carbocycles. The quantitative estimate of drug-likeness (QED) is 0.944. The van der Waals surface area contributed by atoms with Gasteiger partial charge in [0.05, 0.1) is 11.6 Å². The molecule has 0 saturated carbocycles. The molecule has 1 unspecified atom stereocenters. The van der Waals surface area contributed by atoms with Gasteiger partial charge in [0.2, 0.25) is 11.8 Å². The second-order valence-electron chi connectivity index (χ2n) is 4.90. The molecule has 1 atom stereocenters. The Kier molecular flexibility index (Phi) is 3.94. The van der Waals surface area contributed by atoms with Crippen molar-refractivity contribution in [1.29, 1.82) is 5.26 Å². The smallest absolute Gasteiger partial charge is 0.231 e. The van der Waals surface area contributed by atoms with Crippen molar-refractivity contribution in [3.05, 3.63) is 58.2 Å². The SMILES string of the molecule is N#Cc1ccc(CNC(=O)C2COc3ncccc32)c(Cl)c1. The number of amides is 1. The van der Waals surface area contributed by atoms with Crippen LogP contribution in [0.5, 0.6) is 5.88 Å². The van der Waals surface area contributed by atoms with E-state index in [-0.39, 0.29) is 11.8 Å². The van der Waals surface area contributed by atoms with Crippen LogP contribution in [0, 0.1) is 11.3 Å². The summed E-state index contributed by atoms with van der Waals surface area (Å²) < 4.78 is 5.40. The van der Waals surface area contributed by atoms with Gasteiger partial charge in [-0.1, -0.05) is 23.7 Å². The molecule has 1 amide bonds. The summed E-state index contributed by atoms with van der Waals surface area (Å²) in [6, 6.07) is 10.6. The molecule has 1 aliphatic rings. The van der Waals surface area contributed by atoms with E-state index in [1.807, 2.05) is 12.1 Å². The monoisotopic (exact) mass is 313 g/mol. The maximum Gasteiger partial charge on any atom is 0.231 e. The van der Waals surface area contributed by atoms with Crippen LogP contribution in [0.1, 0.15) is 22.6 Å². The fourth-order valence-electron chi connectivity index (χ4n) is 2.32. The first-order valence-electron chi connectivity index (χ1n) is 6.73. The number of nitriles is 1. The van der Waals surface area contributed by atoms with Gasteiger partial charge in [-0.15, -0.1) is 0 Å². The molecular weight excluding hydrogens is 302 g/mol. The van der Waals surface area contributed by atoms with E-state index < -0.39 is 0 Å². The highest BCUT2D eigenvalue weighted by Crippen LogP contribution is 2.31. The summed E-state index contributed by atoms with van der Waals surface area (Å²) in [4.78, 5) is 16.4. The fourth-order valence-corrected chi connectivity index (χ4v) is 2.57. The molecule has 22 heavy (non-hydrogen) atoms. The Balaban J connectivity index is 1.68. The lowest BCUT2D eigenvalue weighted by Gasteiger charge is -2.11. The van der Waals surface area contributed by atoms with Crippen LogP contribution in [0.2, 0.25) is 5.02 Å². The first kappa shape index (κ1) is 14.4. The predicted octanol–water partition coefficient (Wildman–Crippen LogP) is 2.40. The number of fused-ring (bicyclic) bond motifs is 1. The number of carbonyl (C=O) groups is 1. The van der Waals surface area contributed by atoms with E-state index in [9.17, 15) is 4.79 Å². The first-order valence-corrected chi connectivity index (χ1v) is 7.11. The predicted molar refractivity (Wildman–Crippen MR) is 80.5 cm³/mol. The molecule has 0 spiro atoms. The zero-order valence-electron chi connectivity index (χ0n) is 11.5. The maximum atomic E-state index is 12.3. The highest BCUT2D eigenvalue weighted by atomic mass is 35.5. The van der Waals surface area contributed by atoms with Crippen molar-refractivity contribution >= 4 is 17.5 Å². The first-order chi connectivity index (χ1) is 10.7. The minimum absolute atomic E-state index is 0.132. The Morgan fingerprint density at radius 3 is 3.14 bits per heavy atom. The number of halogens is 1. The number of rotatable bonds is 3. The third-order valence-electron chi connectivity index (χ3n) is 3.51. The number of nitrogens with zero attached hydrogens (tertiary/aromatic N) is 2. The van der Waals surface area contributed by atoms with Gasteiger partial charge < -0.3 is 10.1 Å². The summed E-state index contributed by atoms with van der Waals surface area (Å²) in [5.74, 6) is 0.0205. The van der Waals surface area contributed by atoms with Crippen molar-refractivity contribution in [2.75, 3.05) is 6.61 Å². The van der Waals surface area contributed by atoms with Crippen LogP contribution in [0.4, 0.5) is 0 Å². The highest BCUT2D eigenvalue weighted by molar-refractivity contribution is 6.31.